The normalized spacial score (nSPS) is 14.8. The van der Waals surface area contributed by atoms with Crippen LogP contribution in [0.1, 0.15) is 23.3 Å². The lowest BCUT2D eigenvalue weighted by molar-refractivity contribution is 0.0675. The highest BCUT2D eigenvalue weighted by Gasteiger charge is 2.25. The molecule has 1 aliphatic heterocycles. The van der Waals surface area contributed by atoms with E-state index in [1.807, 2.05) is 65.6 Å². The van der Waals surface area contributed by atoms with Gasteiger partial charge in [0.2, 0.25) is 0 Å². The van der Waals surface area contributed by atoms with Crippen LogP contribution in [0.15, 0.2) is 77.6 Å². The lowest BCUT2D eigenvalue weighted by atomic mass is 9.96. The third-order valence-electron chi connectivity index (χ3n) is 6.03. The summed E-state index contributed by atoms with van der Waals surface area (Å²) >= 11 is 0. The minimum Gasteiger partial charge on any atom is -0.351 e. The Morgan fingerprint density at radius 3 is 2.48 bits per heavy atom. The van der Waals surface area contributed by atoms with Gasteiger partial charge in [-0.3, -0.25) is 9.59 Å². The molecule has 5 rings (SSSR count). The van der Waals surface area contributed by atoms with Gasteiger partial charge in [0, 0.05) is 42.2 Å². The summed E-state index contributed by atoms with van der Waals surface area (Å²) in [5, 5.41) is 5.63. The van der Waals surface area contributed by atoms with Crippen molar-refractivity contribution in [1.82, 2.24) is 19.7 Å². The van der Waals surface area contributed by atoms with Crippen molar-refractivity contribution >= 4 is 16.8 Å². The van der Waals surface area contributed by atoms with Gasteiger partial charge in [0.1, 0.15) is 5.69 Å². The number of rotatable bonds is 4. The Bertz CT molecular complexity index is 1230. The zero-order chi connectivity index (χ0) is 21.2. The fraction of sp³-hybridized carbons (Fsp3) is 0.240. The molecule has 1 saturated heterocycles. The molecular weight excluding hydrogens is 388 g/mol. The molecule has 0 radical (unpaired) electrons. The highest BCUT2D eigenvalue weighted by atomic mass is 16.2. The molecule has 0 saturated carbocycles. The fourth-order valence-corrected chi connectivity index (χ4v) is 4.26. The van der Waals surface area contributed by atoms with E-state index in [-0.39, 0.29) is 11.5 Å². The van der Waals surface area contributed by atoms with Gasteiger partial charge in [0.25, 0.3) is 11.5 Å². The molecule has 1 amide bonds. The molecule has 156 valence electrons. The summed E-state index contributed by atoms with van der Waals surface area (Å²) in [5.41, 5.74) is 3.32. The number of hydrogen-bond donors (Lipinski definition) is 1. The number of para-hydroxylation sites is 1. The van der Waals surface area contributed by atoms with E-state index in [4.69, 9.17) is 0 Å². The fourth-order valence-electron chi connectivity index (χ4n) is 4.26. The number of amides is 1. The zero-order valence-corrected chi connectivity index (χ0v) is 17.2. The van der Waals surface area contributed by atoms with Gasteiger partial charge in [-0.1, -0.05) is 48.5 Å². The third-order valence-corrected chi connectivity index (χ3v) is 6.03. The quantitative estimate of drug-likeness (QED) is 0.552. The number of carbonyl (C=O) groups is 1. The number of H-pyrrole nitrogens is 1. The van der Waals surface area contributed by atoms with Crippen LogP contribution in [0.3, 0.4) is 0 Å². The molecule has 31 heavy (non-hydrogen) atoms. The van der Waals surface area contributed by atoms with Crippen LogP contribution in [0.2, 0.25) is 0 Å². The second-order valence-electron chi connectivity index (χ2n) is 8.11. The smallest absolute Gasteiger partial charge is 0.270 e. The van der Waals surface area contributed by atoms with Crippen molar-refractivity contribution in [3.05, 3.63) is 88.8 Å². The summed E-state index contributed by atoms with van der Waals surface area (Å²) < 4.78 is 1.57. The molecule has 2 aromatic carbocycles. The first-order chi connectivity index (χ1) is 15.2. The van der Waals surface area contributed by atoms with Crippen LogP contribution in [0.5, 0.6) is 0 Å². The van der Waals surface area contributed by atoms with E-state index in [2.05, 4.69) is 10.1 Å². The molecule has 3 heterocycles. The number of hydrogen-bond acceptors (Lipinski definition) is 3. The van der Waals surface area contributed by atoms with Gasteiger partial charge >= 0.3 is 0 Å². The lowest BCUT2D eigenvalue weighted by Gasteiger charge is -2.31. The summed E-state index contributed by atoms with van der Waals surface area (Å²) in [7, 11) is 0. The number of aromatic amines is 1. The van der Waals surface area contributed by atoms with Gasteiger partial charge < -0.3 is 9.88 Å². The Hall–Kier alpha value is -3.67. The van der Waals surface area contributed by atoms with Crippen LogP contribution in [-0.2, 0) is 6.54 Å². The minimum absolute atomic E-state index is 0.0380. The predicted octanol–water partition coefficient (Wildman–Crippen LogP) is 3.94. The third kappa shape index (κ3) is 4.01. The van der Waals surface area contributed by atoms with E-state index in [9.17, 15) is 9.59 Å². The summed E-state index contributed by atoms with van der Waals surface area (Å²) in [4.78, 5) is 30.4. The summed E-state index contributed by atoms with van der Waals surface area (Å²) in [6, 6.07) is 23.1. The Labute approximate surface area is 180 Å². The first-order valence-electron chi connectivity index (χ1n) is 10.7. The Morgan fingerprint density at radius 2 is 1.71 bits per heavy atom. The SMILES string of the molecule is O=C(c1cc2ccccc2[nH]1)N1CCC(Cn2nc(-c3ccccc3)ccc2=O)CC1. The van der Waals surface area contributed by atoms with E-state index in [1.54, 1.807) is 16.8 Å². The van der Waals surface area contributed by atoms with E-state index < -0.39 is 0 Å². The van der Waals surface area contributed by atoms with Gasteiger partial charge in [0.15, 0.2) is 0 Å². The Balaban J connectivity index is 1.25. The topological polar surface area (TPSA) is 71.0 Å². The van der Waals surface area contributed by atoms with Crippen molar-refractivity contribution in [1.29, 1.82) is 0 Å². The molecule has 1 N–H and O–H groups in total. The standard InChI is InChI=1S/C25H24N4O2/c30-24-11-10-22(19-6-2-1-3-7-19)27-29(24)17-18-12-14-28(15-13-18)25(31)23-16-20-8-4-5-9-21(20)26-23/h1-11,16,18,26H,12-15,17H2. The van der Waals surface area contributed by atoms with E-state index in [1.165, 1.54) is 0 Å². The second kappa shape index (κ2) is 8.22. The van der Waals surface area contributed by atoms with E-state index in [0.29, 0.717) is 31.2 Å². The van der Waals surface area contributed by atoms with Crippen molar-refractivity contribution in [2.75, 3.05) is 13.1 Å². The zero-order valence-electron chi connectivity index (χ0n) is 17.2. The summed E-state index contributed by atoms with van der Waals surface area (Å²) in [5.74, 6) is 0.360. The van der Waals surface area contributed by atoms with Crippen LogP contribution < -0.4 is 5.56 Å². The number of fused-ring (bicyclic) bond motifs is 1. The number of benzene rings is 2. The second-order valence-corrected chi connectivity index (χ2v) is 8.11. The van der Waals surface area contributed by atoms with Gasteiger partial charge in [-0.15, -0.1) is 0 Å². The molecule has 0 aliphatic carbocycles. The van der Waals surface area contributed by atoms with Gasteiger partial charge in [-0.25, -0.2) is 4.68 Å². The van der Waals surface area contributed by atoms with Gasteiger partial charge in [-0.2, -0.15) is 5.10 Å². The highest BCUT2D eigenvalue weighted by Crippen LogP contribution is 2.22. The molecule has 0 atom stereocenters. The molecule has 1 fully saturated rings. The van der Waals surface area contributed by atoms with Crippen LogP contribution in [0.25, 0.3) is 22.2 Å². The van der Waals surface area contributed by atoms with Crippen molar-refractivity contribution in [3.8, 4) is 11.3 Å². The monoisotopic (exact) mass is 412 g/mol. The Morgan fingerprint density at radius 1 is 0.968 bits per heavy atom. The van der Waals surface area contributed by atoms with Crippen molar-refractivity contribution in [2.45, 2.75) is 19.4 Å². The van der Waals surface area contributed by atoms with E-state index >= 15 is 0 Å². The van der Waals surface area contributed by atoms with Crippen molar-refractivity contribution in [2.24, 2.45) is 5.92 Å². The van der Waals surface area contributed by atoms with Crippen LogP contribution in [0.4, 0.5) is 0 Å². The highest BCUT2D eigenvalue weighted by molar-refractivity contribution is 5.98. The van der Waals surface area contributed by atoms with Crippen molar-refractivity contribution < 1.29 is 4.79 Å². The number of nitrogens with one attached hydrogen (secondary N) is 1. The summed E-state index contributed by atoms with van der Waals surface area (Å²) in [6.07, 6.45) is 1.71. The number of nitrogens with zero attached hydrogens (tertiary/aromatic N) is 3. The molecule has 4 aromatic rings. The number of likely N-dealkylation sites (tertiary alicyclic amines) is 1. The van der Waals surface area contributed by atoms with E-state index in [0.717, 1.165) is 35.0 Å². The average Bonchev–Trinajstić information content (AvgIpc) is 3.25. The number of aromatic nitrogens is 3. The molecule has 6 heteroatoms. The molecule has 6 nitrogen and oxygen atoms in total. The maximum atomic E-state index is 12.9. The molecule has 0 bridgehead atoms. The first kappa shape index (κ1) is 19.3. The molecule has 0 unspecified atom stereocenters. The predicted molar refractivity (Wildman–Crippen MR) is 121 cm³/mol. The van der Waals surface area contributed by atoms with Crippen LogP contribution in [-0.4, -0.2) is 38.7 Å². The maximum Gasteiger partial charge on any atom is 0.270 e. The summed E-state index contributed by atoms with van der Waals surface area (Å²) in [6.45, 7) is 1.95. The number of piperidine rings is 1. The van der Waals surface area contributed by atoms with Gasteiger partial charge in [-0.05, 0) is 37.0 Å². The van der Waals surface area contributed by atoms with Gasteiger partial charge in [0.05, 0.1) is 5.69 Å². The first-order valence-corrected chi connectivity index (χ1v) is 10.7. The molecular formula is C25H24N4O2. The minimum atomic E-state index is -0.0868. The molecule has 0 spiro atoms. The maximum absolute atomic E-state index is 12.9. The van der Waals surface area contributed by atoms with Crippen molar-refractivity contribution in [3.63, 3.8) is 0 Å². The largest absolute Gasteiger partial charge is 0.351 e. The average molecular weight is 412 g/mol. The Kier molecular flexibility index (Phi) is 5.12. The van der Waals surface area contributed by atoms with Crippen LogP contribution >= 0.6 is 0 Å². The molecule has 2 aromatic heterocycles. The lowest BCUT2D eigenvalue weighted by Crippen LogP contribution is -2.40. The number of carbonyl (C=O) groups excluding carboxylic acids is 1. The molecule has 1 aliphatic rings. The van der Waals surface area contributed by atoms with Crippen LogP contribution in [0, 0.1) is 5.92 Å².